The summed E-state index contributed by atoms with van der Waals surface area (Å²) in [5.74, 6) is -0.351. The summed E-state index contributed by atoms with van der Waals surface area (Å²) < 4.78 is 37.1. The molecular weight excluding hydrogens is 193 g/mol. The SMILES string of the molecule is CC(C)S(=O)(=O)N1CCC=C(F)C1. The summed E-state index contributed by atoms with van der Waals surface area (Å²) in [5, 5.41) is -0.474. The van der Waals surface area contributed by atoms with Crippen LogP contribution in [0.2, 0.25) is 0 Å². The zero-order valence-corrected chi connectivity index (χ0v) is 8.64. The monoisotopic (exact) mass is 207 g/mol. The summed E-state index contributed by atoms with van der Waals surface area (Å²) in [6.07, 6.45) is 1.91. The summed E-state index contributed by atoms with van der Waals surface area (Å²) >= 11 is 0. The quantitative estimate of drug-likeness (QED) is 0.684. The topological polar surface area (TPSA) is 37.4 Å². The van der Waals surface area contributed by atoms with Gasteiger partial charge in [0.15, 0.2) is 0 Å². The molecule has 76 valence electrons. The van der Waals surface area contributed by atoms with Gasteiger partial charge in [-0.3, -0.25) is 0 Å². The molecule has 0 radical (unpaired) electrons. The Morgan fingerprint density at radius 3 is 2.62 bits per heavy atom. The Morgan fingerprint density at radius 2 is 2.15 bits per heavy atom. The lowest BCUT2D eigenvalue weighted by Gasteiger charge is -2.25. The number of hydrogen-bond acceptors (Lipinski definition) is 2. The van der Waals surface area contributed by atoms with Gasteiger partial charge in [-0.2, -0.15) is 4.31 Å². The minimum absolute atomic E-state index is 0.0967. The smallest absolute Gasteiger partial charge is 0.212 e. The van der Waals surface area contributed by atoms with Crippen molar-refractivity contribution in [3.8, 4) is 0 Å². The van der Waals surface area contributed by atoms with E-state index >= 15 is 0 Å². The maximum Gasteiger partial charge on any atom is 0.216 e. The van der Waals surface area contributed by atoms with Crippen LogP contribution in [-0.2, 0) is 10.0 Å². The Bertz CT molecular complexity index is 308. The number of sulfonamides is 1. The van der Waals surface area contributed by atoms with Gasteiger partial charge < -0.3 is 0 Å². The van der Waals surface area contributed by atoms with E-state index in [4.69, 9.17) is 0 Å². The molecule has 1 rings (SSSR count). The van der Waals surface area contributed by atoms with Gasteiger partial charge in [-0.05, 0) is 20.3 Å². The first-order valence-electron chi connectivity index (χ1n) is 4.28. The molecule has 0 amide bonds. The second-order valence-electron chi connectivity index (χ2n) is 3.37. The molecule has 0 unspecified atom stereocenters. The van der Waals surface area contributed by atoms with E-state index in [1.54, 1.807) is 13.8 Å². The van der Waals surface area contributed by atoms with Crippen LogP contribution in [0, 0.1) is 0 Å². The average molecular weight is 207 g/mol. The van der Waals surface area contributed by atoms with Crippen LogP contribution in [0.15, 0.2) is 11.9 Å². The van der Waals surface area contributed by atoms with Crippen LogP contribution in [0.4, 0.5) is 4.39 Å². The predicted octanol–water partition coefficient (Wildman–Crippen LogP) is 1.28. The van der Waals surface area contributed by atoms with Gasteiger partial charge in [-0.15, -0.1) is 0 Å². The van der Waals surface area contributed by atoms with Gasteiger partial charge in [-0.1, -0.05) is 6.08 Å². The largest absolute Gasteiger partial charge is 0.216 e. The molecule has 13 heavy (non-hydrogen) atoms. The molecule has 0 aliphatic carbocycles. The van der Waals surface area contributed by atoms with E-state index in [1.165, 1.54) is 10.4 Å². The van der Waals surface area contributed by atoms with E-state index in [0.29, 0.717) is 13.0 Å². The molecule has 3 nitrogen and oxygen atoms in total. The number of hydrogen-bond donors (Lipinski definition) is 0. The summed E-state index contributed by atoms with van der Waals surface area (Å²) in [6.45, 7) is 3.51. The molecule has 0 aromatic rings. The maximum absolute atomic E-state index is 12.8. The predicted molar refractivity (Wildman–Crippen MR) is 49.4 cm³/mol. The van der Waals surface area contributed by atoms with Crippen LogP contribution in [0.5, 0.6) is 0 Å². The first-order chi connectivity index (χ1) is 5.94. The van der Waals surface area contributed by atoms with Crippen molar-refractivity contribution >= 4 is 10.0 Å². The summed E-state index contributed by atoms with van der Waals surface area (Å²) in [4.78, 5) is 0. The molecule has 0 atom stereocenters. The van der Waals surface area contributed by atoms with E-state index in [2.05, 4.69) is 0 Å². The zero-order valence-electron chi connectivity index (χ0n) is 7.83. The van der Waals surface area contributed by atoms with Crippen molar-refractivity contribution in [3.63, 3.8) is 0 Å². The van der Waals surface area contributed by atoms with Gasteiger partial charge in [-0.25, -0.2) is 12.8 Å². The second-order valence-corrected chi connectivity index (χ2v) is 5.86. The van der Waals surface area contributed by atoms with Crippen LogP contribution in [0.25, 0.3) is 0 Å². The molecule has 0 N–H and O–H groups in total. The minimum Gasteiger partial charge on any atom is -0.212 e. The molecule has 0 aromatic heterocycles. The Balaban J connectivity index is 2.80. The van der Waals surface area contributed by atoms with Gasteiger partial charge in [0, 0.05) is 6.54 Å². The highest BCUT2D eigenvalue weighted by atomic mass is 32.2. The number of rotatable bonds is 2. The standard InChI is InChI=1S/C8H14FNO2S/c1-7(2)13(11,12)10-5-3-4-8(9)6-10/h4,7H,3,5-6H2,1-2H3. The van der Waals surface area contributed by atoms with Gasteiger partial charge in [0.1, 0.15) is 5.83 Å². The minimum atomic E-state index is -3.28. The first kappa shape index (κ1) is 10.7. The number of nitrogens with zero attached hydrogens (tertiary/aromatic N) is 1. The lowest BCUT2D eigenvalue weighted by Crippen LogP contribution is -2.39. The molecule has 1 heterocycles. The van der Waals surface area contributed by atoms with Crippen molar-refractivity contribution in [2.45, 2.75) is 25.5 Å². The van der Waals surface area contributed by atoms with Gasteiger partial charge in [0.2, 0.25) is 10.0 Å². The van der Waals surface area contributed by atoms with Crippen LogP contribution >= 0.6 is 0 Å². The third kappa shape index (κ3) is 2.28. The van der Waals surface area contributed by atoms with Crippen LogP contribution in [0.1, 0.15) is 20.3 Å². The highest BCUT2D eigenvalue weighted by Crippen LogP contribution is 2.17. The Hall–Kier alpha value is -0.420. The van der Waals surface area contributed by atoms with E-state index in [-0.39, 0.29) is 12.4 Å². The highest BCUT2D eigenvalue weighted by Gasteiger charge is 2.27. The third-order valence-corrected chi connectivity index (χ3v) is 4.25. The average Bonchev–Trinajstić information content (AvgIpc) is 2.04. The second kappa shape index (κ2) is 3.75. The number of halogens is 1. The molecule has 0 spiro atoms. The molecule has 0 bridgehead atoms. The lowest BCUT2D eigenvalue weighted by molar-refractivity contribution is 0.385. The summed E-state index contributed by atoms with van der Waals surface area (Å²) in [7, 11) is -3.28. The highest BCUT2D eigenvalue weighted by molar-refractivity contribution is 7.89. The fourth-order valence-electron chi connectivity index (χ4n) is 1.19. The van der Waals surface area contributed by atoms with E-state index in [1.807, 2.05) is 0 Å². The van der Waals surface area contributed by atoms with Crippen LogP contribution < -0.4 is 0 Å². The Kier molecular flexibility index (Phi) is 3.08. The summed E-state index contributed by atoms with van der Waals surface area (Å²) in [6, 6.07) is 0. The molecule has 0 fully saturated rings. The fourth-order valence-corrected chi connectivity index (χ4v) is 2.45. The lowest BCUT2D eigenvalue weighted by atomic mass is 10.3. The van der Waals surface area contributed by atoms with Crippen molar-refractivity contribution < 1.29 is 12.8 Å². The molecule has 1 aliphatic heterocycles. The van der Waals surface area contributed by atoms with Gasteiger partial charge in [0.05, 0.1) is 11.8 Å². The normalized spacial score (nSPS) is 20.5. The van der Waals surface area contributed by atoms with Gasteiger partial charge >= 0.3 is 0 Å². The maximum atomic E-state index is 12.8. The fraction of sp³-hybridized carbons (Fsp3) is 0.750. The first-order valence-corrected chi connectivity index (χ1v) is 5.78. The van der Waals surface area contributed by atoms with Crippen molar-refractivity contribution in [2.24, 2.45) is 0 Å². The Labute approximate surface area is 78.3 Å². The zero-order chi connectivity index (χ0) is 10.1. The van der Waals surface area contributed by atoms with Crippen molar-refractivity contribution in [3.05, 3.63) is 11.9 Å². The van der Waals surface area contributed by atoms with Crippen molar-refractivity contribution in [1.29, 1.82) is 0 Å². The van der Waals surface area contributed by atoms with E-state index < -0.39 is 15.3 Å². The molecule has 5 heteroatoms. The molecule has 0 saturated heterocycles. The molecular formula is C8H14FNO2S. The molecule has 0 saturated carbocycles. The van der Waals surface area contributed by atoms with E-state index in [0.717, 1.165) is 0 Å². The summed E-state index contributed by atoms with van der Waals surface area (Å²) in [5.41, 5.74) is 0. The van der Waals surface area contributed by atoms with E-state index in [9.17, 15) is 12.8 Å². The van der Waals surface area contributed by atoms with Crippen molar-refractivity contribution in [1.82, 2.24) is 4.31 Å². The molecule has 0 aromatic carbocycles. The van der Waals surface area contributed by atoms with Gasteiger partial charge in [0.25, 0.3) is 0 Å². The Morgan fingerprint density at radius 1 is 1.54 bits per heavy atom. The third-order valence-electron chi connectivity index (χ3n) is 2.03. The van der Waals surface area contributed by atoms with Crippen LogP contribution in [-0.4, -0.2) is 31.1 Å². The molecule has 1 aliphatic rings. The van der Waals surface area contributed by atoms with Crippen LogP contribution in [0.3, 0.4) is 0 Å². The van der Waals surface area contributed by atoms with Crippen molar-refractivity contribution in [2.75, 3.05) is 13.1 Å².